The summed E-state index contributed by atoms with van der Waals surface area (Å²) in [6.07, 6.45) is 0. The van der Waals surface area contributed by atoms with Crippen LogP contribution in [0.1, 0.15) is 5.56 Å². The molecule has 24 heavy (non-hydrogen) atoms. The van der Waals surface area contributed by atoms with Gasteiger partial charge in [-0.05, 0) is 29.8 Å². The molecule has 0 bridgehead atoms. The number of aromatic hydroxyl groups is 1. The van der Waals surface area contributed by atoms with Crippen LogP contribution in [0, 0.1) is 0 Å². The first-order chi connectivity index (χ1) is 11.6. The second-order valence-electron chi connectivity index (χ2n) is 5.22. The van der Waals surface area contributed by atoms with E-state index in [9.17, 15) is 13.5 Å². The zero-order valence-corrected chi connectivity index (χ0v) is 13.6. The molecule has 0 aromatic heterocycles. The fourth-order valence-corrected chi connectivity index (χ4v) is 3.56. The fraction of sp³-hybridized carbons (Fsp3) is 0.0526. The van der Waals surface area contributed by atoms with Crippen molar-refractivity contribution in [2.45, 2.75) is 16.4 Å². The molecule has 0 fully saturated rings. The van der Waals surface area contributed by atoms with E-state index in [2.05, 4.69) is 0 Å². The highest BCUT2D eigenvalue weighted by Gasteiger charge is 2.19. The average Bonchev–Trinajstić information content (AvgIpc) is 2.62. The second kappa shape index (κ2) is 6.76. The predicted octanol–water partition coefficient (Wildman–Crippen LogP) is 3.80. The van der Waals surface area contributed by atoms with Gasteiger partial charge in [0.1, 0.15) is 6.61 Å². The summed E-state index contributed by atoms with van der Waals surface area (Å²) in [4.78, 5) is 0.209. The van der Waals surface area contributed by atoms with Crippen LogP contribution < -0.4 is 4.74 Å². The van der Waals surface area contributed by atoms with E-state index in [1.165, 1.54) is 30.3 Å². The molecule has 0 aliphatic carbocycles. The lowest BCUT2D eigenvalue weighted by molar-refractivity contribution is 0.288. The number of phenolic OH excluding ortho intramolecular Hbond substituents is 1. The molecule has 3 rings (SSSR count). The summed E-state index contributed by atoms with van der Waals surface area (Å²) in [6.45, 7) is 0.291. The van der Waals surface area contributed by atoms with Crippen LogP contribution >= 0.6 is 0 Å². The molecule has 122 valence electrons. The van der Waals surface area contributed by atoms with Crippen LogP contribution in [0.3, 0.4) is 0 Å². The summed E-state index contributed by atoms with van der Waals surface area (Å²) in [5, 5.41) is 10.1. The molecule has 3 aromatic rings. The van der Waals surface area contributed by atoms with Gasteiger partial charge in [0, 0.05) is 6.07 Å². The Morgan fingerprint density at radius 3 is 2.04 bits per heavy atom. The molecule has 0 saturated carbocycles. The van der Waals surface area contributed by atoms with Gasteiger partial charge in [-0.2, -0.15) is 0 Å². The van der Waals surface area contributed by atoms with Gasteiger partial charge in [0.25, 0.3) is 0 Å². The fourth-order valence-electron chi connectivity index (χ4n) is 2.26. The summed E-state index contributed by atoms with van der Waals surface area (Å²) in [7, 11) is -3.66. The van der Waals surface area contributed by atoms with Gasteiger partial charge in [-0.25, -0.2) is 8.42 Å². The van der Waals surface area contributed by atoms with Crippen molar-refractivity contribution in [3.05, 3.63) is 84.4 Å². The van der Waals surface area contributed by atoms with E-state index in [1.54, 1.807) is 18.2 Å². The first-order valence-electron chi connectivity index (χ1n) is 7.37. The topological polar surface area (TPSA) is 63.6 Å². The number of hydrogen-bond acceptors (Lipinski definition) is 4. The number of rotatable bonds is 5. The van der Waals surface area contributed by atoms with E-state index in [1.807, 2.05) is 30.3 Å². The molecule has 0 radical (unpaired) electrons. The van der Waals surface area contributed by atoms with Crippen molar-refractivity contribution in [2.75, 3.05) is 0 Å². The van der Waals surface area contributed by atoms with E-state index in [0.29, 0.717) is 6.61 Å². The molecule has 0 heterocycles. The zero-order valence-electron chi connectivity index (χ0n) is 12.8. The Labute approximate surface area is 140 Å². The highest BCUT2D eigenvalue weighted by molar-refractivity contribution is 7.91. The average molecular weight is 340 g/mol. The van der Waals surface area contributed by atoms with Crippen molar-refractivity contribution in [2.24, 2.45) is 0 Å². The van der Waals surface area contributed by atoms with Crippen molar-refractivity contribution < 1.29 is 18.3 Å². The molecule has 0 spiro atoms. The van der Waals surface area contributed by atoms with Crippen molar-refractivity contribution in [1.29, 1.82) is 0 Å². The first-order valence-corrected chi connectivity index (χ1v) is 8.85. The maximum Gasteiger partial charge on any atom is 0.206 e. The van der Waals surface area contributed by atoms with Crippen molar-refractivity contribution in [3.63, 3.8) is 0 Å². The van der Waals surface area contributed by atoms with Crippen molar-refractivity contribution >= 4 is 9.84 Å². The molecule has 0 atom stereocenters. The monoisotopic (exact) mass is 340 g/mol. The summed E-state index contributed by atoms with van der Waals surface area (Å²) in [5.41, 5.74) is 0.956. The van der Waals surface area contributed by atoms with Gasteiger partial charge in [0.05, 0.1) is 9.79 Å². The van der Waals surface area contributed by atoms with Gasteiger partial charge in [0.2, 0.25) is 9.84 Å². The van der Waals surface area contributed by atoms with Crippen molar-refractivity contribution in [3.8, 4) is 11.5 Å². The molecule has 3 aromatic carbocycles. The van der Waals surface area contributed by atoms with Gasteiger partial charge in [-0.3, -0.25) is 0 Å². The van der Waals surface area contributed by atoms with Crippen molar-refractivity contribution in [1.82, 2.24) is 0 Å². The minimum absolute atomic E-state index is 0.0262. The molecule has 0 aliphatic rings. The molecular weight excluding hydrogens is 324 g/mol. The predicted molar refractivity (Wildman–Crippen MR) is 90.8 cm³/mol. The minimum Gasteiger partial charge on any atom is -0.504 e. The largest absolute Gasteiger partial charge is 0.504 e. The Bertz CT molecular complexity index is 920. The van der Waals surface area contributed by atoms with Crippen LogP contribution in [-0.4, -0.2) is 13.5 Å². The Kier molecular flexibility index (Phi) is 4.53. The zero-order chi connectivity index (χ0) is 17.0. The quantitative estimate of drug-likeness (QED) is 0.767. The number of phenols is 1. The molecule has 5 heteroatoms. The molecule has 0 saturated heterocycles. The third-order valence-electron chi connectivity index (χ3n) is 3.53. The molecule has 0 amide bonds. The van der Waals surface area contributed by atoms with Crippen LogP contribution in [0.15, 0.2) is 88.7 Å². The first kappa shape index (κ1) is 16.1. The molecule has 0 unspecified atom stereocenters. The Morgan fingerprint density at radius 2 is 1.42 bits per heavy atom. The normalized spacial score (nSPS) is 11.2. The molecular formula is C19H16O4S. The van der Waals surface area contributed by atoms with Crippen LogP contribution in [0.4, 0.5) is 0 Å². The maximum absolute atomic E-state index is 12.5. The third kappa shape index (κ3) is 3.41. The highest BCUT2D eigenvalue weighted by Crippen LogP contribution is 2.31. The molecule has 0 aliphatic heterocycles. The minimum atomic E-state index is -3.66. The van der Waals surface area contributed by atoms with Crippen LogP contribution in [0.2, 0.25) is 0 Å². The second-order valence-corrected chi connectivity index (χ2v) is 7.17. The van der Waals surface area contributed by atoms with E-state index in [-0.39, 0.29) is 21.3 Å². The highest BCUT2D eigenvalue weighted by atomic mass is 32.2. The van der Waals surface area contributed by atoms with E-state index >= 15 is 0 Å². The standard InChI is InChI=1S/C19H16O4S/c20-18-13-17(24(21,22)16-9-5-2-6-10-16)11-12-19(18)23-14-15-7-3-1-4-8-15/h1-13,20H,14H2. The summed E-state index contributed by atoms with van der Waals surface area (Å²) < 4.78 is 30.6. The van der Waals surface area contributed by atoms with E-state index in [4.69, 9.17) is 4.74 Å². The van der Waals surface area contributed by atoms with Crippen LogP contribution in [0.5, 0.6) is 11.5 Å². The Hall–Kier alpha value is -2.79. The Balaban J connectivity index is 1.82. The van der Waals surface area contributed by atoms with Gasteiger partial charge >= 0.3 is 0 Å². The smallest absolute Gasteiger partial charge is 0.206 e. The SMILES string of the molecule is O=S(=O)(c1ccccc1)c1ccc(OCc2ccccc2)c(O)c1. The lowest BCUT2D eigenvalue weighted by Crippen LogP contribution is -2.02. The lowest BCUT2D eigenvalue weighted by atomic mass is 10.2. The molecule has 1 N–H and O–H groups in total. The third-order valence-corrected chi connectivity index (χ3v) is 5.30. The Morgan fingerprint density at radius 1 is 0.792 bits per heavy atom. The number of hydrogen-bond donors (Lipinski definition) is 1. The summed E-state index contributed by atoms with van der Waals surface area (Å²) >= 11 is 0. The number of sulfone groups is 1. The number of benzene rings is 3. The van der Waals surface area contributed by atoms with E-state index < -0.39 is 9.84 Å². The van der Waals surface area contributed by atoms with E-state index in [0.717, 1.165) is 5.56 Å². The van der Waals surface area contributed by atoms with Crippen LogP contribution in [-0.2, 0) is 16.4 Å². The lowest BCUT2D eigenvalue weighted by Gasteiger charge is -2.10. The maximum atomic E-state index is 12.5. The van der Waals surface area contributed by atoms with Gasteiger partial charge < -0.3 is 9.84 Å². The van der Waals surface area contributed by atoms with Gasteiger partial charge in [-0.1, -0.05) is 48.5 Å². The van der Waals surface area contributed by atoms with Crippen LogP contribution in [0.25, 0.3) is 0 Å². The van der Waals surface area contributed by atoms with Gasteiger partial charge in [-0.15, -0.1) is 0 Å². The summed E-state index contributed by atoms with van der Waals surface area (Å²) in [6, 6.07) is 21.7. The number of ether oxygens (including phenoxy) is 1. The van der Waals surface area contributed by atoms with Gasteiger partial charge in [0.15, 0.2) is 11.5 Å². The summed E-state index contributed by atoms with van der Waals surface area (Å²) in [5.74, 6) is 0.0359. The molecule has 4 nitrogen and oxygen atoms in total.